The molecule has 0 aliphatic carbocycles. The molecule has 0 fully saturated rings. The summed E-state index contributed by atoms with van der Waals surface area (Å²) in [6, 6.07) is 2.12. The normalized spacial score (nSPS) is 10.2. The van der Waals surface area contributed by atoms with Gasteiger partial charge in [-0.2, -0.15) is 0 Å². The van der Waals surface area contributed by atoms with E-state index in [2.05, 4.69) is 28.3 Å². The van der Waals surface area contributed by atoms with Gasteiger partial charge in [0.2, 0.25) is 0 Å². The molecule has 2 aromatic heterocycles. The predicted molar refractivity (Wildman–Crippen MR) is 57.5 cm³/mol. The van der Waals surface area contributed by atoms with Crippen LogP contribution in [0.25, 0.3) is 11.1 Å². The standard InChI is InChI=1S/C9H8N2S2/c1-6-2-7(4-13-6)8-3-10-5-11-9(8)12/h2-5H,1H3,(H,10,11,12). The molecule has 66 valence electrons. The van der Waals surface area contributed by atoms with Crippen LogP contribution in [0.1, 0.15) is 4.88 Å². The Bertz CT molecular complexity index is 470. The molecule has 0 spiro atoms. The molecule has 13 heavy (non-hydrogen) atoms. The van der Waals surface area contributed by atoms with Crippen LogP contribution in [0.2, 0.25) is 0 Å². The molecule has 2 heterocycles. The van der Waals surface area contributed by atoms with Gasteiger partial charge in [0.05, 0.1) is 6.33 Å². The topological polar surface area (TPSA) is 28.7 Å². The zero-order chi connectivity index (χ0) is 9.26. The first kappa shape index (κ1) is 8.59. The third-order valence-electron chi connectivity index (χ3n) is 1.76. The Hall–Kier alpha value is -1.00. The maximum Gasteiger partial charge on any atom is 0.113 e. The highest BCUT2D eigenvalue weighted by atomic mass is 32.1. The van der Waals surface area contributed by atoms with E-state index in [0.29, 0.717) is 0 Å². The third kappa shape index (κ3) is 1.68. The monoisotopic (exact) mass is 208 g/mol. The van der Waals surface area contributed by atoms with Crippen LogP contribution in [0.5, 0.6) is 0 Å². The molecule has 0 saturated heterocycles. The summed E-state index contributed by atoms with van der Waals surface area (Å²) in [7, 11) is 0. The number of thiophene rings is 1. The molecule has 4 heteroatoms. The van der Waals surface area contributed by atoms with Crippen molar-refractivity contribution < 1.29 is 0 Å². The SMILES string of the molecule is Cc1cc(-c2cnc[nH]c2=S)cs1. The van der Waals surface area contributed by atoms with E-state index in [-0.39, 0.29) is 0 Å². The van der Waals surface area contributed by atoms with E-state index in [9.17, 15) is 0 Å². The molecule has 0 radical (unpaired) electrons. The zero-order valence-electron chi connectivity index (χ0n) is 7.07. The first-order chi connectivity index (χ1) is 6.27. The van der Waals surface area contributed by atoms with E-state index in [0.717, 1.165) is 15.8 Å². The number of hydrogen-bond acceptors (Lipinski definition) is 3. The van der Waals surface area contributed by atoms with Crippen molar-refractivity contribution in [1.29, 1.82) is 0 Å². The van der Waals surface area contributed by atoms with Gasteiger partial charge >= 0.3 is 0 Å². The molecule has 2 rings (SSSR count). The fourth-order valence-electron chi connectivity index (χ4n) is 1.13. The fourth-order valence-corrected chi connectivity index (χ4v) is 2.06. The Labute approximate surface area is 85.3 Å². The Morgan fingerprint density at radius 1 is 1.54 bits per heavy atom. The minimum Gasteiger partial charge on any atom is -0.337 e. The van der Waals surface area contributed by atoms with E-state index in [1.54, 1.807) is 23.9 Å². The lowest BCUT2D eigenvalue weighted by Crippen LogP contribution is -1.82. The van der Waals surface area contributed by atoms with Gasteiger partial charge in [0.15, 0.2) is 0 Å². The Morgan fingerprint density at radius 3 is 3.00 bits per heavy atom. The van der Waals surface area contributed by atoms with Crippen LogP contribution in [0.15, 0.2) is 24.0 Å². The number of nitrogens with one attached hydrogen (secondary N) is 1. The largest absolute Gasteiger partial charge is 0.337 e. The molecule has 0 amide bonds. The van der Waals surface area contributed by atoms with Crippen LogP contribution in [-0.4, -0.2) is 9.97 Å². The average Bonchev–Trinajstić information content (AvgIpc) is 2.53. The molecule has 0 aliphatic rings. The molecule has 0 bridgehead atoms. The summed E-state index contributed by atoms with van der Waals surface area (Å²) in [4.78, 5) is 8.21. The lowest BCUT2D eigenvalue weighted by Gasteiger charge is -1.95. The molecule has 0 unspecified atom stereocenters. The highest BCUT2D eigenvalue weighted by Crippen LogP contribution is 2.24. The molecule has 2 aromatic rings. The van der Waals surface area contributed by atoms with E-state index in [4.69, 9.17) is 12.2 Å². The summed E-state index contributed by atoms with van der Waals surface area (Å²) in [6.45, 7) is 2.08. The summed E-state index contributed by atoms with van der Waals surface area (Å²) in [6.07, 6.45) is 3.39. The maximum absolute atomic E-state index is 5.15. The minimum absolute atomic E-state index is 0.743. The van der Waals surface area contributed by atoms with E-state index >= 15 is 0 Å². The lowest BCUT2D eigenvalue weighted by molar-refractivity contribution is 1.15. The highest BCUT2D eigenvalue weighted by molar-refractivity contribution is 7.71. The number of aryl methyl sites for hydroxylation is 1. The van der Waals surface area contributed by atoms with Crippen molar-refractivity contribution in [2.75, 3.05) is 0 Å². The zero-order valence-corrected chi connectivity index (χ0v) is 8.71. The van der Waals surface area contributed by atoms with Crippen LogP contribution in [0, 0.1) is 11.6 Å². The highest BCUT2D eigenvalue weighted by Gasteiger charge is 2.01. The average molecular weight is 208 g/mol. The Morgan fingerprint density at radius 2 is 2.38 bits per heavy atom. The number of H-pyrrole nitrogens is 1. The van der Waals surface area contributed by atoms with Crippen molar-refractivity contribution >= 4 is 23.6 Å². The number of aromatic nitrogens is 2. The molecule has 0 atom stereocenters. The fraction of sp³-hybridized carbons (Fsp3) is 0.111. The molecular formula is C9H8N2S2. The number of aromatic amines is 1. The van der Waals surface area contributed by atoms with Crippen molar-refractivity contribution in [3.8, 4) is 11.1 Å². The summed E-state index contributed by atoms with van der Waals surface area (Å²) in [5.74, 6) is 0. The van der Waals surface area contributed by atoms with Gasteiger partial charge in [0, 0.05) is 16.6 Å². The van der Waals surface area contributed by atoms with Crippen LogP contribution in [0.4, 0.5) is 0 Å². The van der Waals surface area contributed by atoms with Crippen LogP contribution >= 0.6 is 23.6 Å². The van der Waals surface area contributed by atoms with Gasteiger partial charge in [-0.25, -0.2) is 4.98 Å². The second-order valence-corrected chi connectivity index (χ2v) is 4.26. The first-order valence-electron chi connectivity index (χ1n) is 3.85. The minimum atomic E-state index is 0.743. The molecular weight excluding hydrogens is 200 g/mol. The summed E-state index contributed by atoms with van der Waals surface area (Å²) >= 11 is 6.87. The van der Waals surface area contributed by atoms with Crippen molar-refractivity contribution in [2.24, 2.45) is 0 Å². The van der Waals surface area contributed by atoms with Crippen molar-refractivity contribution in [3.05, 3.63) is 33.5 Å². The third-order valence-corrected chi connectivity index (χ3v) is 2.96. The second-order valence-electron chi connectivity index (χ2n) is 2.74. The first-order valence-corrected chi connectivity index (χ1v) is 5.14. The lowest BCUT2D eigenvalue weighted by atomic mass is 10.2. The van der Waals surface area contributed by atoms with Gasteiger partial charge in [0.1, 0.15) is 4.64 Å². The molecule has 1 N–H and O–H groups in total. The number of nitrogens with zero attached hydrogens (tertiary/aromatic N) is 1. The van der Waals surface area contributed by atoms with E-state index < -0.39 is 0 Å². The quantitative estimate of drug-likeness (QED) is 0.729. The predicted octanol–water partition coefficient (Wildman–Crippen LogP) is 3.18. The molecule has 0 aliphatic heterocycles. The van der Waals surface area contributed by atoms with Gasteiger partial charge in [0.25, 0.3) is 0 Å². The molecule has 0 aromatic carbocycles. The van der Waals surface area contributed by atoms with Gasteiger partial charge in [-0.1, -0.05) is 12.2 Å². The summed E-state index contributed by atoms with van der Waals surface area (Å²) in [5, 5.41) is 2.09. The van der Waals surface area contributed by atoms with Crippen molar-refractivity contribution in [3.63, 3.8) is 0 Å². The number of rotatable bonds is 1. The molecule has 0 saturated carbocycles. The smallest absolute Gasteiger partial charge is 0.113 e. The van der Waals surface area contributed by atoms with E-state index in [1.807, 2.05) is 0 Å². The summed E-state index contributed by atoms with van der Waals surface area (Å²) < 4.78 is 0.743. The van der Waals surface area contributed by atoms with Crippen LogP contribution < -0.4 is 0 Å². The van der Waals surface area contributed by atoms with Gasteiger partial charge in [-0.15, -0.1) is 11.3 Å². The number of hydrogen-bond donors (Lipinski definition) is 1. The van der Waals surface area contributed by atoms with Gasteiger partial charge in [-0.3, -0.25) is 0 Å². The van der Waals surface area contributed by atoms with Crippen molar-refractivity contribution in [1.82, 2.24) is 9.97 Å². The van der Waals surface area contributed by atoms with Crippen molar-refractivity contribution in [2.45, 2.75) is 6.92 Å². The Balaban J connectivity index is 2.59. The van der Waals surface area contributed by atoms with Crippen LogP contribution in [-0.2, 0) is 0 Å². The van der Waals surface area contributed by atoms with Gasteiger partial charge < -0.3 is 4.98 Å². The van der Waals surface area contributed by atoms with Gasteiger partial charge in [-0.05, 0) is 23.9 Å². The molecule has 2 nitrogen and oxygen atoms in total. The Kier molecular flexibility index (Phi) is 2.24. The van der Waals surface area contributed by atoms with E-state index in [1.165, 1.54) is 4.88 Å². The van der Waals surface area contributed by atoms with Crippen LogP contribution in [0.3, 0.4) is 0 Å². The second kappa shape index (κ2) is 3.40. The maximum atomic E-state index is 5.15. The summed E-state index contributed by atoms with van der Waals surface area (Å²) in [5.41, 5.74) is 2.15.